The Morgan fingerprint density at radius 2 is 2.27 bits per heavy atom. The minimum atomic E-state index is -3.21. The molecule has 1 aromatic heterocycles. The first kappa shape index (κ1) is 8.24. The average Bonchev–Trinajstić information content (AvgIpc) is 2.31. The van der Waals surface area contributed by atoms with Gasteiger partial charge in [0.2, 0.25) is 0 Å². The highest BCUT2D eigenvalue weighted by Crippen LogP contribution is 2.19. The van der Waals surface area contributed by atoms with E-state index in [1.165, 1.54) is 6.07 Å². The Bertz CT molecular complexity index is 396. The van der Waals surface area contributed by atoms with Crippen molar-refractivity contribution in [2.45, 2.75) is 4.90 Å². The van der Waals surface area contributed by atoms with E-state index in [9.17, 15) is 8.42 Å². The molecule has 0 saturated carbocycles. The Kier molecular flexibility index (Phi) is 1.98. The molecule has 11 heavy (non-hydrogen) atoms. The van der Waals surface area contributed by atoms with Gasteiger partial charge in [-0.05, 0) is 11.4 Å². The third-order valence-corrected chi connectivity index (χ3v) is 3.22. The van der Waals surface area contributed by atoms with Gasteiger partial charge in [0.1, 0.15) is 10.9 Å². The number of sulfone groups is 1. The van der Waals surface area contributed by atoms with Crippen molar-refractivity contribution < 1.29 is 8.42 Å². The zero-order valence-electron chi connectivity index (χ0n) is 5.73. The summed E-state index contributed by atoms with van der Waals surface area (Å²) >= 11 is 1.14. The Morgan fingerprint density at radius 3 is 2.64 bits per heavy atom. The maximum Gasteiger partial charge on any atom is 0.177 e. The van der Waals surface area contributed by atoms with Crippen LogP contribution in [-0.2, 0) is 9.84 Å². The Labute approximate surface area is 68.8 Å². The van der Waals surface area contributed by atoms with Crippen molar-refractivity contribution in [2.24, 2.45) is 0 Å². The van der Waals surface area contributed by atoms with Crippen LogP contribution in [-0.4, -0.2) is 14.7 Å². The molecule has 0 atom stereocenters. The van der Waals surface area contributed by atoms with Crippen molar-refractivity contribution in [1.29, 1.82) is 5.26 Å². The molecule has 0 aliphatic rings. The zero-order valence-corrected chi connectivity index (χ0v) is 7.37. The molecule has 3 nitrogen and oxygen atoms in total. The van der Waals surface area contributed by atoms with Crippen molar-refractivity contribution in [3.63, 3.8) is 0 Å². The number of hydrogen-bond acceptors (Lipinski definition) is 4. The van der Waals surface area contributed by atoms with E-state index in [1.807, 2.05) is 6.07 Å². The largest absolute Gasteiger partial charge is 0.224 e. The lowest BCUT2D eigenvalue weighted by Crippen LogP contribution is -1.96. The molecule has 0 spiro atoms. The summed E-state index contributed by atoms with van der Waals surface area (Å²) in [6.07, 6.45) is 1.09. The van der Waals surface area contributed by atoms with Gasteiger partial charge in [0, 0.05) is 6.26 Å². The van der Waals surface area contributed by atoms with Crippen LogP contribution in [0.3, 0.4) is 0 Å². The van der Waals surface area contributed by atoms with Gasteiger partial charge in [-0.1, -0.05) is 0 Å². The topological polar surface area (TPSA) is 57.9 Å². The van der Waals surface area contributed by atoms with Gasteiger partial charge in [0.05, 0.1) is 4.90 Å². The van der Waals surface area contributed by atoms with Crippen LogP contribution in [0.25, 0.3) is 0 Å². The van der Waals surface area contributed by atoms with Crippen LogP contribution >= 0.6 is 11.3 Å². The maximum absolute atomic E-state index is 10.9. The number of thiophene rings is 1. The Hall–Kier alpha value is -0.860. The SMILES string of the molecule is CS(=O)(=O)c1ccsc1C#N. The van der Waals surface area contributed by atoms with Crippen molar-refractivity contribution in [3.05, 3.63) is 16.3 Å². The second kappa shape index (κ2) is 2.64. The quantitative estimate of drug-likeness (QED) is 0.659. The fraction of sp³-hybridized carbons (Fsp3) is 0.167. The smallest absolute Gasteiger partial charge is 0.177 e. The minimum Gasteiger partial charge on any atom is -0.224 e. The summed E-state index contributed by atoms with van der Waals surface area (Å²) in [5, 5.41) is 10.1. The van der Waals surface area contributed by atoms with Gasteiger partial charge >= 0.3 is 0 Å². The molecule has 0 N–H and O–H groups in total. The monoisotopic (exact) mass is 187 g/mol. The highest BCUT2D eigenvalue weighted by Gasteiger charge is 2.13. The summed E-state index contributed by atoms with van der Waals surface area (Å²) in [5.74, 6) is 0. The molecule has 58 valence electrons. The lowest BCUT2D eigenvalue weighted by molar-refractivity contribution is 0.602. The molecule has 0 aliphatic heterocycles. The zero-order chi connectivity index (χ0) is 8.48. The third-order valence-electron chi connectivity index (χ3n) is 1.13. The Balaban J connectivity index is 3.39. The highest BCUT2D eigenvalue weighted by atomic mass is 32.2. The fourth-order valence-electron chi connectivity index (χ4n) is 0.671. The second-order valence-electron chi connectivity index (χ2n) is 2.00. The molecular formula is C6H5NO2S2. The summed E-state index contributed by atoms with van der Waals surface area (Å²) in [5.41, 5.74) is 0. The van der Waals surface area contributed by atoms with E-state index in [2.05, 4.69) is 0 Å². The van der Waals surface area contributed by atoms with E-state index in [0.717, 1.165) is 17.6 Å². The summed E-state index contributed by atoms with van der Waals surface area (Å²) in [4.78, 5) is 0.387. The highest BCUT2D eigenvalue weighted by molar-refractivity contribution is 7.91. The third kappa shape index (κ3) is 1.59. The van der Waals surface area contributed by atoms with Crippen molar-refractivity contribution >= 4 is 21.2 Å². The van der Waals surface area contributed by atoms with E-state index in [-0.39, 0.29) is 9.77 Å². The van der Waals surface area contributed by atoms with Gasteiger partial charge in [-0.25, -0.2) is 8.42 Å². The van der Waals surface area contributed by atoms with Gasteiger partial charge in [-0.15, -0.1) is 11.3 Å². The lowest BCUT2D eigenvalue weighted by Gasteiger charge is -1.90. The maximum atomic E-state index is 10.9. The normalized spacial score (nSPS) is 10.9. The van der Waals surface area contributed by atoms with Crippen LogP contribution in [0.2, 0.25) is 0 Å². The van der Waals surface area contributed by atoms with Gasteiger partial charge in [-0.3, -0.25) is 0 Å². The lowest BCUT2D eigenvalue weighted by atomic mass is 10.5. The van der Waals surface area contributed by atoms with Gasteiger partial charge in [0.15, 0.2) is 9.84 Å². The Morgan fingerprint density at radius 1 is 1.64 bits per heavy atom. The summed E-state index contributed by atoms with van der Waals surface area (Å²) in [6.45, 7) is 0. The number of rotatable bonds is 1. The van der Waals surface area contributed by atoms with E-state index < -0.39 is 9.84 Å². The fourth-order valence-corrected chi connectivity index (χ4v) is 2.63. The molecule has 0 saturated heterocycles. The van der Waals surface area contributed by atoms with Crippen LogP contribution < -0.4 is 0 Å². The van der Waals surface area contributed by atoms with Crippen LogP contribution in [0.5, 0.6) is 0 Å². The van der Waals surface area contributed by atoms with E-state index in [0.29, 0.717) is 0 Å². The van der Waals surface area contributed by atoms with Crippen LogP contribution in [0.15, 0.2) is 16.3 Å². The van der Waals surface area contributed by atoms with Gasteiger partial charge in [-0.2, -0.15) is 5.26 Å². The van der Waals surface area contributed by atoms with Gasteiger partial charge in [0.25, 0.3) is 0 Å². The molecule has 1 aromatic rings. The van der Waals surface area contributed by atoms with E-state index in [4.69, 9.17) is 5.26 Å². The van der Waals surface area contributed by atoms with Crippen molar-refractivity contribution in [3.8, 4) is 6.07 Å². The molecular weight excluding hydrogens is 182 g/mol. The standard InChI is InChI=1S/C6H5NO2S2/c1-11(8,9)6-2-3-10-5(6)4-7/h2-3H,1H3. The molecule has 0 unspecified atom stereocenters. The molecule has 0 fully saturated rings. The molecule has 1 rings (SSSR count). The number of nitrogens with zero attached hydrogens (tertiary/aromatic N) is 1. The molecule has 0 bridgehead atoms. The first-order valence-corrected chi connectivity index (χ1v) is 5.50. The second-order valence-corrected chi connectivity index (χ2v) is 4.90. The molecule has 0 radical (unpaired) electrons. The predicted molar refractivity (Wildman–Crippen MR) is 42.1 cm³/mol. The molecule has 0 aliphatic carbocycles. The first-order valence-electron chi connectivity index (χ1n) is 2.73. The summed E-state index contributed by atoms with van der Waals surface area (Å²) in [7, 11) is -3.21. The van der Waals surface area contributed by atoms with Crippen LogP contribution in [0.1, 0.15) is 4.88 Å². The molecule has 5 heteroatoms. The van der Waals surface area contributed by atoms with Crippen molar-refractivity contribution in [2.75, 3.05) is 6.26 Å². The first-order chi connectivity index (χ1) is 5.05. The van der Waals surface area contributed by atoms with E-state index in [1.54, 1.807) is 5.38 Å². The summed E-state index contributed by atoms with van der Waals surface area (Å²) < 4.78 is 21.9. The summed E-state index contributed by atoms with van der Waals surface area (Å²) in [6, 6.07) is 3.26. The van der Waals surface area contributed by atoms with E-state index >= 15 is 0 Å². The van der Waals surface area contributed by atoms with Crippen LogP contribution in [0.4, 0.5) is 0 Å². The molecule has 1 heterocycles. The molecule has 0 aromatic carbocycles. The predicted octanol–water partition coefficient (Wildman–Crippen LogP) is 1.02. The van der Waals surface area contributed by atoms with Crippen molar-refractivity contribution in [1.82, 2.24) is 0 Å². The average molecular weight is 187 g/mol. The van der Waals surface area contributed by atoms with Crippen LogP contribution in [0, 0.1) is 11.3 Å². The minimum absolute atomic E-state index is 0.130. The number of hydrogen-bond donors (Lipinski definition) is 0. The number of nitriles is 1. The molecule has 0 amide bonds. The van der Waals surface area contributed by atoms with Gasteiger partial charge < -0.3 is 0 Å².